The van der Waals surface area contributed by atoms with Crippen molar-refractivity contribution in [1.82, 2.24) is 0 Å². The lowest BCUT2D eigenvalue weighted by atomic mass is 9.90. The van der Waals surface area contributed by atoms with Crippen molar-refractivity contribution in [1.29, 1.82) is 0 Å². The SMILES string of the molecule is CC(C)[C@@H](CC[NH+]1CCN(c2ccccc2)CC1)c1ccco1. The van der Waals surface area contributed by atoms with Gasteiger partial charge in [-0.15, -0.1) is 0 Å². The van der Waals surface area contributed by atoms with Crippen molar-refractivity contribution in [3.63, 3.8) is 0 Å². The molecule has 23 heavy (non-hydrogen) atoms. The Morgan fingerprint density at radius 1 is 1.04 bits per heavy atom. The number of piperazine rings is 1. The van der Waals surface area contributed by atoms with Crippen LogP contribution < -0.4 is 9.80 Å². The third kappa shape index (κ3) is 4.17. The van der Waals surface area contributed by atoms with Crippen LogP contribution >= 0.6 is 0 Å². The van der Waals surface area contributed by atoms with Crippen molar-refractivity contribution < 1.29 is 9.32 Å². The Morgan fingerprint density at radius 2 is 1.78 bits per heavy atom. The summed E-state index contributed by atoms with van der Waals surface area (Å²) in [5.74, 6) is 2.33. The number of nitrogens with zero attached hydrogens (tertiary/aromatic N) is 1. The summed E-state index contributed by atoms with van der Waals surface area (Å²) in [6, 6.07) is 14.9. The highest BCUT2D eigenvalue weighted by Gasteiger charge is 2.24. The molecule has 1 fully saturated rings. The molecule has 0 amide bonds. The minimum absolute atomic E-state index is 0.546. The molecule has 0 aliphatic carbocycles. The second kappa shape index (κ2) is 7.69. The maximum Gasteiger partial charge on any atom is 0.107 e. The van der Waals surface area contributed by atoms with E-state index in [-0.39, 0.29) is 0 Å². The van der Waals surface area contributed by atoms with E-state index in [0.29, 0.717) is 11.8 Å². The van der Waals surface area contributed by atoms with E-state index < -0.39 is 0 Å². The number of rotatable bonds is 6. The summed E-state index contributed by atoms with van der Waals surface area (Å²) in [6.07, 6.45) is 3.02. The second-order valence-electron chi connectivity index (χ2n) is 6.98. The zero-order valence-electron chi connectivity index (χ0n) is 14.4. The van der Waals surface area contributed by atoms with Crippen LogP contribution in [0, 0.1) is 5.92 Å². The van der Waals surface area contributed by atoms with Gasteiger partial charge in [0.25, 0.3) is 0 Å². The van der Waals surface area contributed by atoms with E-state index in [2.05, 4.69) is 55.1 Å². The molecular weight excluding hydrogens is 284 g/mol. The molecule has 3 heteroatoms. The number of anilines is 1. The van der Waals surface area contributed by atoms with Gasteiger partial charge in [-0.2, -0.15) is 0 Å². The Morgan fingerprint density at radius 3 is 2.39 bits per heavy atom. The molecular formula is C20H29N2O+. The average Bonchev–Trinajstić information content (AvgIpc) is 3.10. The molecule has 0 bridgehead atoms. The van der Waals surface area contributed by atoms with Crippen LogP contribution in [0.4, 0.5) is 5.69 Å². The van der Waals surface area contributed by atoms with Gasteiger partial charge in [0, 0.05) is 18.0 Å². The summed E-state index contributed by atoms with van der Waals surface area (Å²) in [5, 5.41) is 0. The van der Waals surface area contributed by atoms with E-state index in [4.69, 9.17) is 4.42 Å². The fourth-order valence-electron chi connectivity index (χ4n) is 3.64. The summed E-state index contributed by atoms with van der Waals surface area (Å²) >= 11 is 0. The molecule has 1 aliphatic rings. The van der Waals surface area contributed by atoms with E-state index in [9.17, 15) is 0 Å². The molecule has 1 aliphatic heterocycles. The fourth-order valence-corrected chi connectivity index (χ4v) is 3.64. The van der Waals surface area contributed by atoms with Crippen LogP contribution in [0.5, 0.6) is 0 Å². The van der Waals surface area contributed by atoms with E-state index >= 15 is 0 Å². The van der Waals surface area contributed by atoms with Gasteiger partial charge in [-0.3, -0.25) is 0 Å². The largest absolute Gasteiger partial charge is 0.469 e. The van der Waals surface area contributed by atoms with Crippen LogP contribution in [-0.4, -0.2) is 32.7 Å². The lowest BCUT2D eigenvalue weighted by molar-refractivity contribution is -0.901. The van der Waals surface area contributed by atoms with Gasteiger partial charge < -0.3 is 14.2 Å². The number of benzene rings is 1. The Kier molecular flexibility index (Phi) is 5.39. The topological polar surface area (TPSA) is 20.8 Å². The minimum atomic E-state index is 0.546. The third-order valence-corrected chi connectivity index (χ3v) is 5.11. The van der Waals surface area contributed by atoms with E-state index in [1.807, 2.05) is 6.07 Å². The van der Waals surface area contributed by atoms with Crippen molar-refractivity contribution in [3.8, 4) is 0 Å². The Bertz CT molecular complexity index is 557. The van der Waals surface area contributed by atoms with Gasteiger partial charge in [0.2, 0.25) is 0 Å². The first-order valence-electron chi connectivity index (χ1n) is 8.91. The smallest absolute Gasteiger partial charge is 0.107 e. The molecule has 3 nitrogen and oxygen atoms in total. The van der Waals surface area contributed by atoms with Crippen LogP contribution in [-0.2, 0) is 0 Å². The molecule has 3 rings (SSSR count). The minimum Gasteiger partial charge on any atom is -0.469 e. The Hall–Kier alpha value is -1.74. The molecule has 2 aromatic rings. The van der Waals surface area contributed by atoms with Crippen LogP contribution in [0.2, 0.25) is 0 Å². The number of nitrogens with one attached hydrogen (secondary N) is 1. The lowest BCUT2D eigenvalue weighted by Crippen LogP contribution is -3.14. The van der Waals surface area contributed by atoms with E-state index in [1.165, 1.54) is 31.7 Å². The molecule has 124 valence electrons. The zero-order chi connectivity index (χ0) is 16.1. The number of quaternary nitrogens is 1. The monoisotopic (exact) mass is 313 g/mol. The van der Waals surface area contributed by atoms with Crippen molar-refractivity contribution in [2.75, 3.05) is 37.6 Å². The standard InChI is InChI=1S/C20H28N2O/c1-17(2)19(20-9-6-16-23-20)10-11-21-12-14-22(15-13-21)18-7-4-3-5-8-18/h3-9,16-17,19H,10-15H2,1-2H3/p+1/t19-/m1/s1. The normalized spacial score (nSPS) is 17.6. The first-order chi connectivity index (χ1) is 11.2. The van der Waals surface area contributed by atoms with Gasteiger partial charge in [0.15, 0.2) is 0 Å². The van der Waals surface area contributed by atoms with Crippen molar-refractivity contribution in [2.24, 2.45) is 5.92 Å². The molecule has 0 saturated carbocycles. The number of para-hydroxylation sites is 1. The molecule has 0 radical (unpaired) electrons. The summed E-state index contributed by atoms with van der Waals surface area (Å²) in [4.78, 5) is 4.24. The predicted octanol–water partition coefficient (Wildman–Crippen LogP) is 2.81. The highest BCUT2D eigenvalue weighted by Crippen LogP contribution is 2.27. The van der Waals surface area contributed by atoms with Crippen LogP contribution in [0.1, 0.15) is 31.9 Å². The van der Waals surface area contributed by atoms with Crippen molar-refractivity contribution in [3.05, 3.63) is 54.5 Å². The van der Waals surface area contributed by atoms with Crippen molar-refractivity contribution in [2.45, 2.75) is 26.2 Å². The van der Waals surface area contributed by atoms with Crippen LogP contribution in [0.3, 0.4) is 0 Å². The number of hydrogen-bond donors (Lipinski definition) is 1. The average molecular weight is 313 g/mol. The first-order valence-corrected chi connectivity index (χ1v) is 8.91. The third-order valence-electron chi connectivity index (χ3n) is 5.11. The molecule has 2 heterocycles. The van der Waals surface area contributed by atoms with Gasteiger partial charge in [-0.05, 0) is 30.2 Å². The Labute approximate surface area is 139 Å². The molecule has 0 spiro atoms. The fraction of sp³-hybridized carbons (Fsp3) is 0.500. The van der Waals surface area contributed by atoms with Crippen LogP contribution in [0.15, 0.2) is 53.1 Å². The van der Waals surface area contributed by atoms with Gasteiger partial charge in [0.05, 0.1) is 39.0 Å². The Balaban J connectivity index is 1.49. The van der Waals surface area contributed by atoms with E-state index in [0.717, 1.165) is 18.8 Å². The first kappa shape index (κ1) is 16.1. The molecule has 1 aromatic carbocycles. The van der Waals surface area contributed by atoms with Crippen molar-refractivity contribution >= 4 is 5.69 Å². The van der Waals surface area contributed by atoms with E-state index in [1.54, 1.807) is 11.2 Å². The number of hydrogen-bond acceptors (Lipinski definition) is 2. The van der Waals surface area contributed by atoms with Crippen LogP contribution in [0.25, 0.3) is 0 Å². The maximum atomic E-state index is 5.65. The highest BCUT2D eigenvalue weighted by molar-refractivity contribution is 5.46. The van der Waals surface area contributed by atoms with Gasteiger partial charge >= 0.3 is 0 Å². The maximum absolute atomic E-state index is 5.65. The number of furan rings is 1. The predicted molar refractivity (Wildman–Crippen MR) is 95.1 cm³/mol. The summed E-state index contributed by atoms with van der Waals surface area (Å²) in [5.41, 5.74) is 1.36. The van der Waals surface area contributed by atoms with Gasteiger partial charge in [0.1, 0.15) is 5.76 Å². The highest BCUT2D eigenvalue weighted by atomic mass is 16.3. The zero-order valence-corrected chi connectivity index (χ0v) is 14.4. The lowest BCUT2D eigenvalue weighted by Gasteiger charge is -2.34. The second-order valence-corrected chi connectivity index (χ2v) is 6.98. The quantitative estimate of drug-likeness (QED) is 0.885. The molecule has 1 saturated heterocycles. The molecule has 1 N–H and O–H groups in total. The summed E-state index contributed by atoms with van der Waals surface area (Å²) in [6.45, 7) is 10.6. The summed E-state index contributed by atoms with van der Waals surface area (Å²) < 4.78 is 5.65. The molecule has 1 aromatic heterocycles. The molecule has 1 atom stereocenters. The van der Waals surface area contributed by atoms with Gasteiger partial charge in [-0.25, -0.2) is 0 Å². The molecule has 0 unspecified atom stereocenters. The summed E-state index contributed by atoms with van der Waals surface area (Å²) in [7, 11) is 0. The van der Waals surface area contributed by atoms with Gasteiger partial charge in [-0.1, -0.05) is 32.0 Å².